The van der Waals surface area contributed by atoms with E-state index in [1.165, 1.54) is 257 Å². The van der Waals surface area contributed by atoms with Crippen molar-refractivity contribution < 1.29 is 28.6 Å². The Morgan fingerprint density at radius 2 is 0.434 bits per heavy atom. The smallest absolute Gasteiger partial charge is 0.306 e. The highest BCUT2D eigenvalue weighted by Crippen LogP contribution is 2.17. The van der Waals surface area contributed by atoms with Crippen LogP contribution in [0.3, 0.4) is 0 Å². The van der Waals surface area contributed by atoms with E-state index in [0.717, 1.165) is 83.5 Å². The zero-order valence-corrected chi connectivity index (χ0v) is 55.5. The molecule has 0 aliphatic heterocycles. The van der Waals surface area contributed by atoms with Crippen LogP contribution in [0.25, 0.3) is 0 Å². The summed E-state index contributed by atoms with van der Waals surface area (Å²) in [5, 5.41) is 0. The van der Waals surface area contributed by atoms with E-state index in [9.17, 15) is 14.4 Å². The number of ether oxygens (including phenoxy) is 3. The van der Waals surface area contributed by atoms with Crippen LogP contribution in [0.1, 0.15) is 380 Å². The lowest BCUT2D eigenvalue weighted by atomic mass is 10.0. The van der Waals surface area contributed by atoms with Crippen LogP contribution < -0.4 is 0 Å². The molecule has 1 unspecified atom stereocenters. The molecule has 0 rings (SSSR count). The molecule has 0 saturated heterocycles. The van der Waals surface area contributed by atoms with Gasteiger partial charge in [0.15, 0.2) is 6.10 Å². The number of rotatable bonds is 67. The summed E-state index contributed by atoms with van der Waals surface area (Å²) in [6.07, 6.45) is 93.5. The lowest BCUT2D eigenvalue weighted by Crippen LogP contribution is -2.30. The van der Waals surface area contributed by atoms with Crippen molar-refractivity contribution in [2.24, 2.45) is 0 Å². The molecule has 0 aromatic heterocycles. The van der Waals surface area contributed by atoms with Crippen LogP contribution >= 0.6 is 0 Å². The average Bonchev–Trinajstić information content (AvgIpc) is 3.49. The predicted octanol–water partition coefficient (Wildman–Crippen LogP) is 25.2. The molecule has 0 bridgehead atoms. The van der Waals surface area contributed by atoms with E-state index in [1.807, 2.05) is 0 Å². The summed E-state index contributed by atoms with van der Waals surface area (Å²) in [6, 6.07) is 0. The minimum atomic E-state index is -0.783. The van der Waals surface area contributed by atoms with Crippen LogP contribution in [0, 0.1) is 0 Å². The van der Waals surface area contributed by atoms with E-state index in [-0.39, 0.29) is 31.1 Å². The molecule has 83 heavy (non-hydrogen) atoms. The van der Waals surface area contributed by atoms with Crippen molar-refractivity contribution in [1.29, 1.82) is 0 Å². The lowest BCUT2D eigenvalue weighted by Gasteiger charge is -2.18. The molecule has 0 fully saturated rings. The van der Waals surface area contributed by atoms with Crippen LogP contribution in [0.15, 0.2) is 72.9 Å². The van der Waals surface area contributed by atoms with Crippen LogP contribution in [-0.2, 0) is 28.6 Å². The second kappa shape index (κ2) is 71.3. The molecule has 6 heteroatoms. The van der Waals surface area contributed by atoms with Gasteiger partial charge in [0.2, 0.25) is 0 Å². The highest BCUT2D eigenvalue weighted by Gasteiger charge is 2.19. The van der Waals surface area contributed by atoms with Gasteiger partial charge in [-0.1, -0.05) is 318 Å². The maximum atomic E-state index is 13.0. The van der Waals surface area contributed by atoms with Gasteiger partial charge in [-0.2, -0.15) is 0 Å². The van der Waals surface area contributed by atoms with Crippen molar-refractivity contribution in [2.45, 2.75) is 386 Å². The molecule has 0 N–H and O–H groups in total. The van der Waals surface area contributed by atoms with Crippen molar-refractivity contribution in [1.82, 2.24) is 0 Å². The van der Waals surface area contributed by atoms with Gasteiger partial charge in [0, 0.05) is 19.3 Å². The third-order valence-electron chi connectivity index (χ3n) is 16.2. The average molecular weight is 1160 g/mol. The van der Waals surface area contributed by atoms with Crippen LogP contribution in [-0.4, -0.2) is 37.2 Å². The first-order chi connectivity index (χ1) is 41.0. The SMILES string of the molecule is CCCCC/C=C\C/C=C\CCCCCCCCCC(=O)OCC(COC(=O)CCCCCCCCCCCC/C=C\C/C=C\C/C=C\CCCCCCC)OC(=O)CCCCCCCCCCCCC/C=C\CCCCCCCCCC. The van der Waals surface area contributed by atoms with E-state index in [4.69, 9.17) is 14.2 Å². The number of hydrogen-bond donors (Lipinski definition) is 0. The Bertz CT molecular complexity index is 1520. The Balaban J connectivity index is 4.34. The van der Waals surface area contributed by atoms with Crippen molar-refractivity contribution in [2.75, 3.05) is 13.2 Å². The number of esters is 3. The van der Waals surface area contributed by atoms with Crippen LogP contribution in [0.5, 0.6) is 0 Å². The number of allylic oxidation sites excluding steroid dienone is 12. The van der Waals surface area contributed by atoms with Crippen LogP contribution in [0.2, 0.25) is 0 Å². The summed E-state index contributed by atoms with van der Waals surface area (Å²) in [6.45, 7) is 6.65. The van der Waals surface area contributed by atoms with Crippen molar-refractivity contribution in [3.63, 3.8) is 0 Å². The van der Waals surface area contributed by atoms with Gasteiger partial charge in [0.1, 0.15) is 13.2 Å². The lowest BCUT2D eigenvalue weighted by molar-refractivity contribution is -0.167. The van der Waals surface area contributed by atoms with Crippen molar-refractivity contribution in [3.8, 4) is 0 Å². The number of carbonyl (C=O) groups is 3. The summed E-state index contributed by atoms with van der Waals surface area (Å²) in [5.41, 5.74) is 0. The Labute approximate surface area is 516 Å². The fourth-order valence-corrected chi connectivity index (χ4v) is 10.7. The first-order valence-electron chi connectivity index (χ1n) is 36.4. The summed E-state index contributed by atoms with van der Waals surface area (Å²) in [5.74, 6) is -0.868. The Morgan fingerprint density at radius 1 is 0.241 bits per heavy atom. The molecule has 0 spiro atoms. The van der Waals surface area contributed by atoms with E-state index in [1.54, 1.807) is 0 Å². The minimum Gasteiger partial charge on any atom is -0.462 e. The molecule has 0 aliphatic rings. The molecule has 482 valence electrons. The summed E-state index contributed by atoms with van der Waals surface area (Å²) in [7, 11) is 0. The zero-order valence-electron chi connectivity index (χ0n) is 55.5. The molecule has 6 nitrogen and oxygen atoms in total. The molecule has 0 aromatic carbocycles. The summed E-state index contributed by atoms with van der Waals surface area (Å²) < 4.78 is 17.0. The Kier molecular flexibility index (Phi) is 68.6. The molecular weight excluding hydrogens is 1020 g/mol. The predicted molar refractivity (Wildman–Crippen MR) is 362 cm³/mol. The standard InChI is InChI=1S/C77H138O6/c1-4-7-10-13-16-19-22-25-28-31-33-35-37-38-40-41-43-46-49-52-55-58-61-64-67-70-76(79)82-73-74(72-81-75(78)69-66-63-60-57-54-51-48-45-30-27-24-21-18-15-12-9-6-3)83-77(80)71-68-65-62-59-56-53-50-47-44-42-39-36-34-32-29-26-23-20-17-14-11-8-5-2/h18,21-22,25,27,30-34,37-38,74H,4-17,19-20,23-24,26,28-29,35-36,39-73H2,1-3H3/b21-18-,25-22-,30-27-,33-31-,34-32-,38-37-. The maximum absolute atomic E-state index is 13.0. The molecule has 0 aromatic rings. The summed E-state index contributed by atoms with van der Waals surface area (Å²) in [4.78, 5) is 38.5. The first-order valence-corrected chi connectivity index (χ1v) is 36.4. The molecule has 1 atom stereocenters. The highest BCUT2D eigenvalue weighted by atomic mass is 16.6. The van der Waals surface area contributed by atoms with Crippen LogP contribution in [0.4, 0.5) is 0 Å². The van der Waals surface area contributed by atoms with Gasteiger partial charge in [-0.25, -0.2) is 0 Å². The van der Waals surface area contributed by atoms with Gasteiger partial charge in [0.05, 0.1) is 0 Å². The quantitative estimate of drug-likeness (QED) is 0.0261. The third kappa shape index (κ3) is 69.5. The Hall–Kier alpha value is -3.15. The van der Waals surface area contributed by atoms with Gasteiger partial charge < -0.3 is 14.2 Å². The fraction of sp³-hybridized carbons (Fsp3) is 0.805. The fourth-order valence-electron chi connectivity index (χ4n) is 10.7. The largest absolute Gasteiger partial charge is 0.462 e. The summed E-state index contributed by atoms with van der Waals surface area (Å²) >= 11 is 0. The van der Waals surface area contributed by atoms with Gasteiger partial charge in [-0.15, -0.1) is 0 Å². The van der Waals surface area contributed by atoms with Gasteiger partial charge in [-0.3, -0.25) is 14.4 Å². The van der Waals surface area contributed by atoms with Gasteiger partial charge >= 0.3 is 17.9 Å². The molecule has 0 radical (unpaired) electrons. The second-order valence-corrected chi connectivity index (χ2v) is 24.5. The second-order valence-electron chi connectivity index (χ2n) is 24.5. The van der Waals surface area contributed by atoms with E-state index < -0.39 is 6.10 Å². The van der Waals surface area contributed by atoms with E-state index >= 15 is 0 Å². The number of hydrogen-bond acceptors (Lipinski definition) is 6. The zero-order chi connectivity index (χ0) is 59.9. The van der Waals surface area contributed by atoms with Gasteiger partial charge in [0.25, 0.3) is 0 Å². The molecule has 0 saturated carbocycles. The van der Waals surface area contributed by atoms with E-state index in [2.05, 4.69) is 93.7 Å². The molecule has 0 heterocycles. The van der Waals surface area contributed by atoms with Crippen molar-refractivity contribution in [3.05, 3.63) is 72.9 Å². The maximum Gasteiger partial charge on any atom is 0.306 e. The van der Waals surface area contributed by atoms with Gasteiger partial charge in [-0.05, 0) is 116 Å². The monoisotopic (exact) mass is 1160 g/mol. The molecular formula is C77H138O6. The first kappa shape index (κ1) is 79.8. The highest BCUT2D eigenvalue weighted by molar-refractivity contribution is 5.71. The number of unbranched alkanes of at least 4 members (excludes halogenated alkanes) is 44. The van der Waals surface area contributed by atoms with Crippen molar-refractivity contribution >= 4 is 17.9 Å². The normalized spacial score (nSPS) is 12.5. The topological polar surface area (TPSA) is 78.9 Å². The molecule has 0 amide bonds. The van der Waals surface area contributed by atoms with E-state index in [0.29, 0.717) is 19.3 Å². The minimum absolute atomic E-state index is 0.0780. The number of carbonyl (C=O) groups excluding carboxylic acids is 3. The Morgan fingerprint density at radius 3 is 0.711 bits per heavy atom. The molecule has 0 aliphatic carbocycles. The third-order valence-corrected chi connectivity index (χ3v) is 16.2.